The van der Waals surface area contributed by atoms with Gasteiger partial charge in [-0.15, -0.1) is 11.6 Å². The van der Waals surface area contributed by atoms with Crippen molar-refractivity contribution in [1.82, 2.24) is 0 Å². The van der Waals surface area contributed by atoms with E-state index >= 15 is 0 Å². The quantitative estimate of drug-likeness (QED) is 0.290. The van der Waals surface area contributed by atoms with Crippen LogP contribution in [0.25, 0.3) is 0 Å². The first-order chi connectivity index (χ1) is 13.6. The number of epoxide rings is 2. The lowest BCUT2D eigenvalue weighted by molar-refractivity contribution is -0.0149. The van der Waals surface area contributed by atoms with E-state index in [1.807, 2.05) is 6.92 Å². The summed E-state index contributed by atoms with van der Waals surface area (Å²) in [7, 11) is 3.22. The number of hydrogen-bond donors (Lipinski definition) is 0. The summed E-state index contributed by atoms with van der Waals surface area (Å²) in [5.41, 5.74) is 0. The summed E-state index contributed by atoms with van der Waals surface area (Å²) in [6, 6.07) is 1.06. The van der Waals surface area contributed by atoms with Crippen molar-refractivity contribution in [3.05, 3.63) is 0 Å². The molecule has 3 saturated heterocycles. The first-order valence-corrected chi connectivity index (χ1v) is 13.1. The van der Waals surface area contributed by atoms with Crippen LogP contribution in [0.15, 0.2) is 0 Å². The summed E-state index contributed by atoms with van der Waals surface area (Å²) in [5, 5.41) is -0.122. The lowest BCUT2D eigenvalue weighted by Gasteiger charge is -2.47. The first-order valence-electron chi connectivity index (χ1n) is 10.6. The molecular formula is C20H41ClO6Si. The van der Waals surface area contributed by atoms with Gasteiger partial charge in [0.1, 0.15) is 17.4 Å². The number of rotatable bonds is 10. The third-order valence-corrected chi connectivity index (χ3v) is 10.1. The van der Waals surface area contributed by atoms with Crippen LogP contribution in [0.4, 0.5) is 0 Å². The van der Waals surface area contributed by atoms with Crippen LogP contribution >= 0.6 is 11.6 Å². The van der Waals surface area contributed by atoms with Crippen molar-refractivity contribution >= 4 is 20.2 Å². The van der Waals surface area contributed by atoms with E-state index in [1.54, 1.807) is 21.3 Å². The first kappa shape index (κ1) is 26.3. The second kappa shape index (κ2) is 14.3. The van der Waals surface area contributed by atoms with Crippen molar-refractivity contribution in [2.75, 3.05) is 53.6 Å². The maximum atomic E-state index is 5.83. The minimum Gasteiger partial charge on any atom is -0.396 e. The highest BCUT2D eigenvalue weighted by Gasteiger charge is 2.58. The molecular weight excluding hydrogens is 400 g/mol. The molecule has 3 rings (SSSR count). The lowest BCUT2D eigenvalue weighted by Crippen LogP contribution is -2.64. The molecule has 0 radical (unpaired) electrons. The average molecular weight is 441 g/mol. The molecule has 0 aromatic rings. The molecule has 3 aliphatic rings. The predicted octanol–water partition coefficient (Wildman–Crippen LogP) is 4.07. The molecule has 168 valence electrons. The Morgan fingerprint density at radius 1 is 0.964 bits per heavy atom. The molecule has 28 heavy (non-hydrogen) atoms. The van der Waals surface area contributed by atoms with Crippen molar-refractivity contribution in [1.29, 1.82) is 0 Å². The van der Waals surface area contributed by atoms with Crippen LogP contribution in [0.5, 0.6) is 0 Å². The largest absolute Gasteiger partial charge is 0.396 e. The zero-order valence-corrected chi connectivity index (χ0v) is 20.2. The van der Waals surface area contributed by atoms with Crippen LogP contribution < -0.4 is 0 Å². The fourth-order valence-corrected chi connectivity index (χ4v) is 7.57. The topological polar surface area (TPSA) is 62.0 Å². The van der Waals surface area contributed by atoms with Gasteiger partial charge >= 0.3 is 8.56 Å². The minimum atomic E-state index is -2.15. The molecule has 3 atom stereocenters. The Bertz CT molecular complexity index is 373. The van der Waals surface area contributed by atoms with Gasteiger partial charge in [-0.2, -0.15) is 0 Å². The van der Waals surface area contributed by atoms with E-state index in [0.29, 0.717) is 12.2 Å². The Kier molecular flexibility index (Phi) is 13.4. The summed E-state index contributed by atoms with van der Waals surface area (Å²) >= 11 is 5.19. The van der Waals surface area contributed by atoms with Gasteiger partial charge in [0.25, 0.3) is 0 Å². The van der Waals surface area contributed by atoms with E-state index in [-0.39, 0.29) is 5.22 Å². The smallest absolute Gasteiger partial charge is 0.370 e. The van der Waals surface area contributed by atoms with Crippen molar-refractivity contribution in [3.8, 4) is 0 Å². The highest BCUT2D eigenvalue weighted by Crippen LogP contribution is 2.42. The normalized spacial score (nSPS) is 29.8. The van der Waals surface area contributed by atoms with Gasteiger partial charge in [0.05, 0.1) is 26.4 Å². The van der Waals surface area contributed by atoms with Crippen LogP contribution in [0.2, 0.25) is 6.04 Å². The summed E-state index contributed by atoms with van der Waals surface area (Å²) in [4.78, 5) is 0. The van der Waals surface area contributed by atoms with E-state index in [1.165, 1.54) is 12.8 Å². The summed E-state index contributed by atoms with van der Waals surface area (Å²) < 4.78 is 32.5. The van der Waals surface area contributed by atoms with Gasteiger partial charge in [0.15, 0.2) is 0 Å². The molecule has 0 bridgehead atoms. The van der Waals surface area contributed by atoms with Crippen LogP contribution in [-0.2, 0) is 27.8 Å². The summed E-state index contributed by atoms with van der Waals surface area (Å²) in [5.74, 6) is 0.792. The molecule has 0 aromatic carbocycles. The monoisotopic (exact) mass is 440 g/mol. The number of alkyl halides is 1. The molecule has 3 unspecified atom stereocenters. The zero-order valence-electron chi connectivity index (χ0n) is 18.5. The molecule has 0 spiro atoms. The predicted molar refractivity (Wildman–Crippen MR) is 114 cm³/mol. The fraction of sp³-hybridized carbons (Fsp3) is 1.00. The van der Waals surface area contributed by atoms with E-state index in [9.17, 15) is 0 Å². The molecule has 0 saturated carbocycles. The van der Waals surface area contributed by atoms with Gasteiger partial charge in [0, 0.05) is 27.2 Å². The lowest BCUT2D eigenvalue weighted by atomic mass is 10.1. The molecule has 6 nitrogen and oxygen atoms in total. The molecule has 3 fully saturated rings. The molecule has 0 aromatic heterocycles. The summed E-state index contributed by atoms with van der Waals surface area (Å²) in [6.45, 7) is 7.50. The van der Waals surface area contributed by atoms with Crippen LogP contribution in [-0.4, -0.2) is 79.6 Å². The van der Waals surface area contributed by atoms with Crippen molar-refractivity contribution < 1.29 is 27.8 Å². The van der Waals surface area contributed by atoms with Crippen LogP contribution in [0, 0.1) is 0 Å². The van der Waals surface area contributed by atoms with Crippen molar-refractivity contribution in [2.45, 2.75) is 75.8 Å². The van der Waals surface area contributed by atoms with Gasteiger partial charge in [-0.3, -0.25) is 0 Å². The van der Waals surface area contributed by atoms with E-state index in [0.717, 1.165) is 64.0 Å². The van der Waals surface area contributed by atoms with Gasteiger partial charge < -0.3 is 27.8 Å². The second-order valence-electron chi connectivity index (χ2n) is 7.45. The molecule has 0 amide bonds. The van der Waals surface area contributed by atoms with Crippen molar-refractivity contribution in [3.63, 3.8) is 0 Å². The Hall–Kier alpha value is 0.267. The molecule has 3 aliphatic heterocycles. The van der Waals surface area contributed by atoms with Gasteiger partial charge in [-0.05, 0) is 25.3 Å². The summed E-state index contributed by atoms with van der Waals surface area (Å²) in [6.07, 6.45) is 7.57. The third-order valence-electron chi connectivity index (χ3n) is 5.34. The van der Waals surface area contributed by atoms with E-state index in [2.05, 4.69) is 6.92 Å². The van der Waals surface area contributed by atoms with E-state index < -0.39 is 8.56 Å². The van der Waals surface area contributed by atoms with Crippen LogP contribution in [0.3, 0.4) is 0 Å². The maximum Gasteiger partial charge on any atom is 0.370 e. The number of ether oxygens (including phenoxy) is 4. The fourth-order valence-electron chi connectivity index (χ4n) is 3.58. The highest BCUT2D eigenvalue weighted by atomic mass is 35.5. The Morgan fingerprint density at radius 3 is 1.86 bits per heavy atom. The SMILES string of the molecule is C(OCC1CO1)C1CO1.CCCC1(OC)CCCC[Si]1(OC)OC.CCCCl. The highest BCUT2D eigenvalue weighted by molar-refractivity contribution is 6.70. The Labute approximate surface area is 177 Å². The molecule has 0 N–H and O–H groups in total. The van der Waals surface area contributed by atoms with Crippen LogP contribution in [0.1, 0.15) is 52.4 Å². The molecule has 3 heterocycles. The number of halogens is 1. The Morgan fingerprint density at radius 2 is 1.50 bits per heavy atom. The Balaban J connectivity index is 0.000000253. The minimum absolute atomic E-state index is 0.122. The average Bonchev–Trinajstić information content (AvgIpc) is 3.65. The zero-order chi connectivity index (χ0) is 20.9. The van der Waals surface area contributed by atoms with Gasteiger partial charge in [0.2, 0.25) is 0 Å². The maximum absolute atomic E-state index is 5.83. The van der Waals surface area contributed by atoms with Gasteiger partial charge in [-0.25, -0.2) is 0 Å². The molecule has 8 heteroatoms. The van der Waals surface area contributed by atoms with Gasteiger partial charge in [-0.1, -0.05) is 33.1 Å². The third kappa shape index (κ3) is 8.56. The standard InChI is InChI=1S/C11H24O3Si.C6H10O3.C3H7Cl/c1-5-8-11(12-2)9-6-7-10-15(11,13-3)14-4;1(5-3-8-5)7-2-6-4-9-6;1-2-3-4/h5-10H2,1-4H3;5-6H,1-4H2;2-3H2,1H3. The molecule has 0 aliphatic carbocycles. The number of hydrogen-bond acceptors (Lipinski definition) is 6. The number of methoxy groups -OCH3 is 1. The van der Waals surface area contributed by atoms with Crippen molar-refractivity contribution in [2.24, 2.45) is 0 Å². The van der Waals surface area contributed by atoms with E-state index in [4.69, 9.17) is 39.4 Å². The second-order valence-corrected chi connectivity index (χ2v) is 11.6.